The number of carboxylic acid groups (broad SMARTS) is 1. The van der Waals surface area contributed by atoms with Crippen molar-refractivity contribution < 1.29 is 14.1 Å². The zero-order chi connectivity index (χ0) is 14.7. The predicted molar refractivity (Wildman–Crippen MR) is 76.3 cm³/mol. The Hall–Kier alpha value is -2.15. The summed E-state index contributed by atoms with van der Waals surface area (Å²) < 4.78 is 12.8. The Morgan fingerprint density at radius 2 is 2.05 bits per heavy atom. The Morgan fingerprint density at radius 3 is 2.55 bits per heavy atom. The number of rotatable bonds is 5. The topological polar surface area (TPSA) is 84.2 Å². The molecule has 0 saturated heterocycles. The second-order valence-electron chi connectivity index (χ2n) is 4.26. The van der Waals surface area contributed by atoms with E-state index in [4.69, 9.17) is 5.11 Å². The highest BCUT2D eigenvalue weighted by atomic mass is 32.2. The molecule has 1 aromatic heterocycles. The van der Waals surface area contributed by atoms with Crippen LogP contribution in [-0.2, 0) is 24.4 Å². The Balaban J connectivity index is 2.05. The number of nitrogens with zero attached hydrogens (tertiary/aromatic N) is 2. The van der Waals surface area contributed by atoms with Gasteiger partial charge in [0.2, 0.25) is 0 Å². The van der Waals surface area contributed by atoms with Gasteiger partial charge in [-0.3, -0.25) is 4.21 Å². The molecule has 7 heteroatoms. The largest absolute Gasteiger partial charge is 0.477 e. The number of carboxylic acids is 1. The molecule has 106 valence electrons. The molecule has 0 amide bonds. The number of carbonyl (C=O) groups is 1. The molecular formula is C13H15N3O3S. The van der Waals surface area contributed by atoms with Crippen LogP contribution in [0.3, 0.4) is 0 Å². The summed E-state index contributed by atoms with van der Waals surface area (Å²) in [7, 11) is 0.671. The summed E-state index contributed by atoms with van der Waals surface area (Å²) in [5.74, 6) is -0.369. The van der Waals surface area contributed by atoms with Crippen molar-refractivity contribution in [2.45, 2.75) is 11.4 Å². The highest BCUT2D eigenvalue weighted by Crippen LogP contribution is 2.13. The smallest absolute Gasteiger partial charge is 0.354 e. The maximum absolute atomic E-state index is 11.3. The maximum Gasteiger partial charge on any atom is 0.354 e. The molecular weight excluding hydrogens is 278 g/mol. The predicted octanol–water partition coefficient (Wildman–Crippen LogP) is 1.47. The number of hydrogen-bond donors (Lipinski definition) is 2. The third-order valence-electron chi connectivity index (χ3n) is 2.94. The van der Waals surface area contributed by atoms with Gasteiger partial charge in [0, 0.05) is 34.7 Å². The fraction of sp³-hybridized carbons (Fsp3) is 0.231. The Bertz CT molecular complexity index is 649. The normalized spacial score (nSPS) is 12.1. The summed E-state index contributed by atoms with van der Waals surface area (Å²) in [4.78, 5) is 15.7. The van der Waals surface area contributed by atoms with Crippen molar-refractivity contribution in [3.63, 3.8) is 0 Å². The van der Waals surface area contributed by atoms with Crippen LogP contribution in [-0.4, -0.2) is 31.1 Å². The summed E-state index contributed by atoms with van der Waals surface area (Å²) in [5.41, 5.74) is 1.01. The van der Waals surface area contributed by atoms with Crippen LogP contribution < -0.4 is 5.32 Å². The number of aromatic nitrogens is 2. The van der Waals surface area contributed by atoms with Crippen molar-refractivity contribution in [2.24, 2.45) is 7.05 Å². The van der Waals surface area contributed by atoms with Crippen molar-refractivity contribution >= 4 is 22.5 Å². The molecule has 0 radical (unpaired) electrons. The average Bonchev–Trinajstić information content (AvgIpc) is 2.78. The molecule has 2 rings (SSSR count). The van der Waals surface area contributed by atoms with E-state index in [2.05, 4.69) is 10.3 Å². The van der Waals surface area contributed by atoms with E-state index in [9.17, 15) is 9.00 Å². The number of nitrogens with one attached hydrogen (secondary N) is 1. The van der Waals surface area contributed by atoms with Gasteiger partial charge in [0.05, 0.1) is 12.7 Å². The first-order valence-electron chi connectivity index (χ1n) is 5.90. The monoisotopic (exact) mass is 293 g/mol. The first-order valence-corrected chi connectivity index (χ1v) is 7.46. The molecule has 0 aliphatic carbocycles. The summed E-state index contributed by atoms with van der Waals surface area (Å²) in [6.45, 7) is 0.415. The van der Waals surface area contributed by atoms with E-state index in [0.717, 1.165) is 10.6 Å². The van der Waals surface area contributed by atoms with E-state index in [0.29, 0.717) is 12.4 Å². The minimum Gasteiger partial charge on any atom is -0.477 e. The van der Waals surface area contributed by atoms with Crippen molar-refractivity contribution in [2.75, 3.05) is 11.6 Å². The highest BCUT2D eigenvalue weighted by molar-refractivity contribution is 7.84. The van der Waals surface area contributed by atoms with Gasteiger partial charge >= 0.3 is 5.97 Å². The third-order valence-corrected chi connectivity index (χ3v) is 3.88. The number of anilines is 1. The highest BCUT2D eigenvalue weighted by Gasteiger charge is 2.11. The van der Waals surface area contributed by atoms with E-state index in [1.165, 1.54) is 10.8 Å². The van der Waals surface area contributed by atoms with E-state index < -0.39 is 16.8 Å². The van der Waals surface area contributed by atoms with Gasteiger partial charge in [-0.05, 0) is 24.3 Å². The van der Waals surface area contributed by atoms with E-state index in [1.54, 1.807) is 25.4 Å². The molecule has 0 saturated carbocycles. The SMILES string of the molecule is Cn1c(C(=O)O)cnc1CNc1ccc(S(C)=O)cc1. The van der Waals surface area contributed by atoms with E-state index >= 15 is 0 Å². The molecule has 1 heterocycles. The van der Waals surface area contributed by atoms with Crippen molar-refractivity contribution in [3.05, 3.63) is 42.0 Å². The van der Waals surface area contributed by atoms with Gasteiger partial charge in [-0.2, -0.15) is 0 Å². The lowest BCUT2D eigenvalue weighted by Crippen LogP contribution is -2.10. The van der Waals surface area contributed by atoms with Crippen LogP contribution in [0.4, 0.5) is 5.69 Å². The standard InChI is InChI=1S/C13H15N3O3S/c1-16-11(13(17)18)7-15-12(16)8-14-9-3-5-10(6-4-9)20(2)19/h3-7,14H,8H2,1-2H3,(H,17,18). The molecule has 1 unspecified atom stereocenters. The minimum atomic E-state index is -0.999. The molecule has 0 aliphatic rings. The quantitative estimate of drug-likeness (QED) is 0.872. The molecule has 0 bridgehead atoms. The Labute approximate surface area is 118 Å². The molecule has 2 N–H and O–H groups in total. The fourth-order valence-corrected chi connectivity index (χ4v) is 2.28. The van der Waals surface area contributed by atoms with Crippen LogP contribution in [0.2, 0.25) is 0 Å². The summed E-state index contributed by atoms with van der Waals surface area (Å²) in [6, 6.07) is 7.24. The van der Waals surface area contributed by atoms with Gasteiger partial charge in [0.15, 0.2) is 0 Å². The molecule has 2 aromatic rings. The first-order chi connectivity index (χ1) is 9.49. The van der Waals surface area contributed by atoms with Gasteiger partial charge in [0.1, 0.15) is 11.5 Å². The molecule has 1 atom stereocenters. The van der Waals surface area contributed by atoms with Crippen LogP contribution in [0, 0.1) is 0 Å². The van der Waals surface area contributed by atoms with E-state index in [1.807, 2.05) is 12.1 Å². The Morgan fingerprint density at radius 1 is 1.40 bits per heavy atom. The second kappa shape index (κ2) is 5.87. The van der Waals surface area contributed by atoms with Crippen molar-refractivity contribution in [1.29, 1.82) is 0 Å². The lowest BCUT2D eigenvalue weighted by Gasteiger charge is -2.07. The minimum absolute atomic E-state index is 0.151. The lowest BCUT2D eigenvalue weighted by molar-refractivity contribution is 0.0686. The third kappa shape index (κ3) is 3.05. The van der Waals surface area contributed by atoms with Gasteiger partial charge in [-0.25, -0.2) is 9.78 Å². The summed E-state index contributed by atoms with van der Waals surface area (Å²) in [5, 5.41) is 12.1. The first kappa shape index (κ1) is 14.3. The van der Waals surface area contributed by atoms with E-state index in [-0.39, 0.29) is 5.69 Å². The molecule has 6 nitrogen and oxygen atoms in total. The molecule has 20 heavy (non-hydrogen) atoms. The van der Waals surface area contributed by atoms with Gasteiger partial charge in [-0.1, -0.05) is 0 Å². The van der Waals surface area contributed by atoms with Crippen LogP contribution in [0.1, 0.15) is 16.3 Å². The number of benzene rings is 1. The van der Waals surface area contributed by atoms with Crippen molar-refractivity contribution in [1.82, 2.24) is 9.55 Å². The molecule has 0 aliphatic heterocycles. The maximum atomic E-state index is 11.3. The molecule has 0 spiro atoms. The van der Waals surface area contributed by atoms with Crippen molar-refractivity contribution in [3.8, 4) is 0 Å². The van der Waals surface area contributed by atoms with Crippen LogP contribution >= 0.6 is 0 Å². The second-order valence-corrected chi connectivity index (χ2v) is 5.64. The molecule has 0 fully saturated rings. The number of aromatic carboxylic acids is 1. The van der Waals surface area contributed by atoms with Crippen LogP contribution in [0.5, 0.6) is 0 Å². The number of imidazole rings is 1. The van der Waals surface area contributed by atoms with Crippen LogP contribution in [0.15, 0.2) is 35.4 Å². The zero-order valence-electron chi connectivity index (χ0n) is 11.2. The van der Waals surface area contributed by atoms with Gasteiger partial charge < -0.3 is 15.0 Å². The average molecular weight is 293 g/mol. The number of hydrogen-bond acceptors (Lipinski definition) is 4. The summed E-state index contributed by atoms with van der Waals surface area (Å²) in [6.07, 6.45) is 2.96. The summed E-state index contributed by atoms with van der Waals surface area (Å²) >= 11 is 0. The van der Waals surface area contributed by atoms with Gasteiger partial charge in [0.25, 0.3) is 0 Å². The molecule has 1 aromatic carbocycles. The van der Waals surface area contributed by atoms with Crippen LogP contribution in [0.25, 0.3) is 0 Å². The zero-order valence-corrected chi connectivity index (χ0v) is 12.0. The Kier molecular flexibility index (Phi) is 4.19. The van der Waals surface area contributed by atoms with Gasteiger partial charge in [-0.15, -0.1) is 0 Å². The lowest BCUT2D eigenvalue weighted by atomic mass is 10.3. The fourth-order valence-electron chi connectivity index (χ4n) is 1.76.